The smallest absolute Gasteiger partial charge is 0.327 e. The first-order valence-electron chi connectivity index (χ1n) is 6.01. The number of hydrogen-bond donors (Lipinski definition) is 0. The molecule has 0 spiro atoms. The Hall–Kier alpha value is -1.10. The van der Waals surface area contributed by atoms with E-state index < -0.39 is 25.3 Å². The van der Waals surface area contributed by atoms with E-state index in [4.69, 9.17) is 8.37 Å². The third-order valence-electron chi connectivity index (χ3n) is 2.33. The molecule has 0 fully saturated rings. The highest BCUT2D eigenvalue weighted by atomic mass is 79.9. The van der Waals surface area contributed by atoms with Gasteiger partial charge in [-0.15, -0.1) is 0 Å². The zero-order valence-electron chi connectivity index (χ0n) is 11.3. The molecular weight excluding hydrogens is 476 g/mol. The van der Waals surface area contributed by atoms with Gasteiger partial charge in [-0.2, -0.15) is 16.8 Å². The molecule has 6 nitrogen and oxygen atoms in total. The van der Waals surface area contributed by atoms with Crippen molar-refractivity contribution in [1.82, 2.24) is 0 Å². The van der Waals surface area contributed by atoms with E-state index in [1.807, 2.05) is 0 Å². The van der Waals surface area contributed by atoms with Crippen LogP contribution in [-0.4, -0.2) is 21.9 Å². The van der Waals surface area contributed by atoms with Crippen molar-refractivity contribution in [2.75, 3.05) is 5.08 Å². The molecule has 0 N–H and O–H groups in total. The molecular formula is C13H10Br2O6S2. The maximum atomic E-state index is 11.9. The number of hydrogen-bond acceptors (Lipinski definition) is 6. The summed E-state index contributed by atoms with van der Waals surface area (Å²) in [6.07, 6.45) is 0. The van der Waals surface area contributed by atoms with E-state index in [9.17, 15) is 16.8 Å². The summed E-state index contributed by atoms with van der Waals surface area (Å²) >= 11 is 6.32. The molecule has 23 heavy (non-hydrogen) atoms. The first kappa shape index (κ1) is 18.2. The van der Waals surface area contributed by atoms with Gasteiger partial charge in [-0.25, -0.2) is 0 Å². The highest BCUT2D eigenvalue weighted by Gasteiger charge is 2.26. The van der Waals surface area contributed by atoms with E-state index >= 15 is 0 Å². The maximum Gasteiger partial charge on any atom is 0.327 e. The van der Waals surface area contributed by atoms with Crippen LogP contribution in [0, 0.1) is 0 Å². The summed E-state index contributed by atoms with van der Waals surface area (Å²) in [6, 6.07) is 12.1. The van der Waals surface area contributed by atoms with E-state index in [-0.39, 0.29) is 11.5 Å². The highest BCUT2D eigenvalue weighted by Crippen LogP contribution is 2.22. The van der Waals surface area contributed by atoms with E-state index in [1.165, 1.54) is 24.3 Å². The third-order valence-corrected chi connectivity index (χ3v) is 6.52. The fourth-order valence-corrected chi connectivity index (χ4v) is 4.91. The summed E-state index contributed by atoms with van der Waals surface area (Å²) in [5.74, 6) is -0.00550. The van der Waals surface area contributed by atoms with Gasteiger partial charge in [0.2, 0.25) is 5.08 Å². The van der Waals surface area contributed by atoms with E-state index in [0.717, 1.165) is 0 Å². The third kappa shape index (κ3) is 6.13. The molecule has 2 aromatic carbocycles. The summed E-state index contributed by atoms with van der Waals surface area (Å²) in [7, 11) is -8.77. The predicted octanol–water partition coefficient (Wildman–Crippen LogP) is 3.29. The molecule has 0 saturated heterocycles. The molecule has 0 bridgehead atoms. The van der Waals surface area contributed by atoms with Gasteiger partial charge in [0.05, 0.1) is 0 Å². The lowest BCUT2D eigenvalue weighted by Crippen LogP contribution is -2.24. The zero-order chi connectivity index (χ0) is 17.1. The molecule has 2 aromatic rings. The molecule has 0 aliphatic rings. The summed E-state index contributed by atoms with van der Waals surface area (Å²) in [5.41, 5.74) is 0. The maximum absolute atomic E-state index is 11.9. The Bertz CT molecular complexity index is 834. The van der Waals surface area contributed by atoms with Crippen LogP contribution in [0.5, 0.6) is 11.5 Å². The summed E-state index contributed by atoms with van der Waals surface area (Å²) in [4.78, 5) is 0. The van der Waals surface area contributed by atoms with Crippen LogP contribution >= 0.6 is 31.9 Å². The lowest BCUT2D eigenvalue weighted by atomic mass is 10.3. The second kappa shape index (κ2) is 7.20. The Morgan fingerprint density at radius 1 is 0.739 bits per heavy atom. The van der Waals surface area contributed by atoms with Crippen molar-refractivity contribution < 1.29 is 25.2 Å². The Balaban J connectivity index is 2.12. The largest absolute Gasteiger partial charge is 0.382 e. The zero-order valence-corrected chi connectivity index (χ0v) is 16.2. The van der Waals surface area contributed by atoms with Crippen molar-refractivity contribution in [1.29, 1.82) is 0 Å². The molecule has 0 unspecified atom stereocenters. The van der Waals surface area contributed by atoms with Gasteiger partial charge in [0, 0.05) is 8.95 Å². The van der Waals surface area contributed by atoms with Crippen molar-refractivity contribution in [2.24, 2.45) is 0 Å². The van der Waals surface area contributed by atoms with Crippen molar-refractivity contribution >= 4 is 52.1 Å². The van der Waals surface area contributed by atoms with Gasteiger partial charge in [0.15, 0.2) is 0 Å². The van der Waals surface area contributed by atoms with Crippen molar-refractivity contribution in [3.63, 3.8) is 0 Å². The molecule has 0 heterocycles. The van der Waals surface area contributed by atoms with Gasteiger partial charge < -0.3 is 8.37 Å². The molecule has 124 valence electrons. The summed E-state index contributed by atoms with van der Waals surface area (Å²) in [5, 5.41) is -1.31. The lowest BCUT2D eigenvalue weighted by molar-refractivity contribution is 0.475. The SMILES string of the molecule is O=S(=O)(CS(=O)(=O)Oc1cccc(Br)c1)Oc1cccc(Br)c1. The summed E-state index contributed by atoms with van der Waals surface area (Å²) in [6.45, 7) is 0. The topological polar surface area (TPSA) is 86.7 Å². The number of benzene rings is 2. The average Bonchev–Trinajstić information content (AvgIpc) is 2.35. The van der Waals surface area contributed by atoms with E-state index in [1.54, 1.807) is 24.3 Å². The standard InChI is InChI=1S/C13H10Br2O6S2/c14-10-3-1-5-12(7-10)20-22(16,17)9-23(18,19)21-13-6-2-4-11(15)8-13/h1-8H,9H2. The fraction of sp³-hybridized carbons (Fsp3) is 0.0769. The monoisotopic (exact) mass is 484 g/mol. The van der Waals surface area contributed by atoms with Crippen LogP contribution in [0.15, 0.2) is 57.5 Å². The second-order valence-corrected chi connectivity index (χ2v) is 9.65. The molecule has 0 aliphatic heterocycles. The first-order chi connectivity index (χ1) is 10.7. The normalized spacial score (nSPS) is 11.9. The molecule has 0 saturated carbocycles. The van der Waals surface area contributed by atoms with Crippen LogP contribution in [0.2, 0.25) is 0 Å². The Morgan fingerprint density at radius 3 is 1.48 bits per heavy atom. The van der Waals surface area contributed by atoms with E-state index in [0.29, 0.717) is 8.95 Å². The summed E-state index contributed by atoms with van der Waals surface area (Å²) < 4.78 is 58.2. The molecule has 0 radical (unpaired) electrons. The molecule has 10 heteroatoms. The Labute approximate surface area is 150 Å². The van der Waals surface area contributed by atoms with Gasteiger partial charge in [0.1, 0.15) is 11.5 Å². The van der Waals surface area contributed by atoms with Crippen LogP contribution in [0.4, 0.5) is 0 Å². The number of halogens is 2. The first-order valence-corrected chi connectivity index (χ1v) is 10.7. The van der Waals surface area contributed by atoms with Gasteiger partial charge in [0.25, 0.3) is 0 Å². The highest BCUT2D eigenvalue weighted by molar-refractivity contribution is 9.10. The van der Waals surface area contributed by atoms with Gasteiger partial charge in [-0.3, -0.25) is 0 Å². The minimum Gasteiger partial charge on any atom is -0.382 e. The quantitative estimate of drug-likeness (QED) is 0.583. The van der Waals surface area contributed by atoms with Crippen molar-refractivity contribution in [2.45, 2.75) is 0 Å². The van der Waals surface area contributed by atoms with Gasteiger partial charge in [-0.05, 0) is 36.4 Å². The van der Waals surface area contributed by atoms with Crippen molar-refractivity contribution in [3.05, 3.63) is 57.5 Å². The lowest BCUT2D eigenvalue weighted by Gasteiger charge is -2.09. The van der Waals surface area contributed by atoms with Crippen LogP contribution in [0.1, 0.15) is 0 Å². The van der Waals surface area contributed by atoms with Crippen molar-refractivity contribution in [3.8, 4) is 11.5 Å². The fourth-order valence-electron chi connectivity index (χ4n) is 1.56. The molecule has 0 amide bonds. The molecule has 0 aromatic heterocycles. The molecule has 0 atom stereocenters. The van der Waals surface area contributed by atoms with Crippen LogP contribution in [0.3, 0.4) is 0 Å². The number of rotatable bonds is 6. The Morgan fingerprint density at radius 2 is 1.13 bits per heavy atom. The second-order valence-electron chi connectivity index (χ2n) is 4.31. The van der Waals surface area contributed by atoms with Crippen LogP contribution in [-0.2, 0) is 20.2 Å². The van der Waals surface area contributed by atoms with Crippen LogP contribution < -0.4 is 8.37 Å². The minimum absolute atomic E-state index is 0.00275. The Kier molecular flexibility index (Phi) is 5.71. The average molecular weight is 486 g/mol. The van der Waals surface area contributed by atoms with Gasteiger partial charge in [-0.1, -0.05) is 44.0 Å². The molecule has 0 aliphatic carbocycles. The van der Waals surface area contributed by atoms with Gasteiger partial charge >= 0.3 is 20.2 Å². The van der Waals surface area contributed by atoms with Crippen LogP contribution in [0.25, 0.3) is 0 Å². The molecule has 2 rings (SSSR count). The van der Waals surface area contributed by atoms with E-state index in [2.05, 4.69) is 31.9 Å². The minimum atomic E-state index is -4.38. The predicted molar refractivity (Wildman–Crippen MR) is 92.2 cm³/mol.